The number of unbranched alkanes of at least 4 members (excludes halogenated alkanes) is 19. The van der Waals surface area contributed by atoms with Crippen molar-refractivity contribution in [3.8, 4) is 0 Å². The molecule has 0 saturated heterocycles. The zero-order chi connectivity index (χ0) is 27.4. The second kappa shape index (κ2) is 28.1. The second-order valence-electron chi connectivity index (χ2n) is 11.1. The first-order valence-electron chi connectivity index (χ1n) is 16.0. The first-order chi connectivity index (χ1) is 18.0. The van der Waals surface area contributed by atoms with Crippen molar-refractivity contribution >= 4 is 5.91 Å². The molecule has 3 atom stereocenters. The number of carbonyl (C=O) groups is 1. The topological polar surface area (TPSA) is 89.8 Å². The van der Waals surface area contributed by atoms with Gasteiger partial charge in [-0.05, 0) is 19.3 Å². The van der Waals surface area contributed by atoms with Crippen molar-refractivity contribution in [1.29, 1.82) is 0 Å². The summed E-state index contributed by atoms with van der Waals surface area (Å²) in [6.45, 7) is 4.15. The lowest BCUT2D eigenvalue weighted by atomic mass is 10.0. The molecule has 3 unspecified atom stereocenters. The summed E-state index contributed by atoms with van der Waals surface area (Å²) in [5.74, 6) is -0.319. The van der Waals surface area contributed by atoms with Crippen LogP contribution in [0.25, 0.3) is 0 Å². The average molecular weight is 526 g/mol. The highest BCUT2D eigenvalue weighted by Gasteiger charge is 2.20. The van der Waals surface area contributed by atoms with Gasteiger partial charge < -0.3 is 20.6 Å². The molecule has 0 bridgehead atoms. The molecule has 1 amide bonds. The predicted molar refractivity (Wildman–Crippen MR) is 158 cm³/mol. The Kier molecular flexibility index (Phi) is 27.4. The van der Waals surface area contributed by atoms with Gasteiger partial charge in [0.2, 0.25) is 5.91 Å². The molecule has 4 N–H and O–H groups in total. The Balaban J connectivity index is 3.76. The van der Waals surface area contributed by atoms with Crippen molar-refractivity contribution in [3.63, 3.8) is 0 Å². The number of carbonyl (C=O) groups excluding carboxylic acids is 1. The molecule has 220 valence electrons. The maximum absolute atomic E-state index is 12.3. The third kappa shape index (κ3) is 25.1. The van der Waals surface area contributed by atoms with Crippen LogP contribution in [-0.2, 0) is 4.79 Å². The van der Waals surface area contributed by atoms with Crippen LogP contribution in [0.5, 0.6) is 0 Å². The van der Waals surface area contributed by atoms with Crippen LogP contribution in [0.3, 0.4) is 0 Å². The minimum atomic E-state index is -0.920. The number of aliphatic hydroxyl groups is 3. The molecule has 0 heterocycles. The first kappa shape index (κ1) is 36.1. The molecule has 0 fully saturated rings. The first-order valence-corrected chi connectivity index (χ1v) is 16.0. The lowest BCUT2D eigenvalue weighted by Gasteiger charge is -2.21. The number of nitrogens with one attached hydrogen (secondary N) is 1. The molecule has 0 radical (unpaired) electrons. The van der Waals surface area contributed by atoms with Gasteiger partial charge in [0, 0.05) is 0 Å². The Morgan fingerprint density at radius 1 is 0.676 bits per heavy atom. The minimum absolute atomic E-state index is 0.0171. The molecule has 0 aliphatic rings. The van der Waals surface area contributed by atoms with E-state index in [1.165, 1.54) is 109 Å². The molecule has 37 heavy (non-hydrogen) atoms. The fourth-order valence-corrected chi connectivity index (χ4v) is 4.81. The van der Waals surface area contributed by atoms with Crippen molar-refractivity contribution in [3.05, 3.63) is 12.2 Å². The number of hydrogen-bond acceptors (Lipinski definition) is 4. The van der Waals surface area contributed by atoms with Crippen LogP contribution < -0.4 is 5.32 Å². The molecule has 0 aromatic carbocycles. The number of rotatable bonds is 28. The molecule has 5 heteroatoms. The molecule has 5 nitrogen and oxygen atoms in total. The van der Waals surface area contributed by atoms with Gasteiger partial charge in [0.05, 0.1) is 31.3 Å². The van der Waals surface area contributed by atoms with Gasteiger partial charge in [0.1, 0.15) is 0 Å². The van der Waals surface area contributed by atoms with Crippen LogP contribution in [0.2, 0.25) is 0 Å². The Morgan fingerprint density at radius 3 is 1.57 bits per heavy atom. The Bertz CT molecular complexity index is 511. The maximum Gasteiger partial charge on any atom is 0.222 e. The minimum Gasteiger partial charge on any atom is -0.394 e. The van der Waals surface area contributed by atoms with E-state index in [2.05, 4.69) is 19.2 Å². The fraction of sp³-hybridized carbons (Fsp3) is 0.906. The molecular weight excluding hydrogens is 462 g/mol. The summed E-state index contributed by atoms with van der Waals surface area (Å²) in [5.41, 5.74) is 0. The zero-order valence-corrected chi connectivity index (χ0v) is 24.6. The van der Waals surface area contributed by atoms with E-state index in [9.17, 15) is 20.1 Å². The van der Waals surface area contributed by atoms with Crippen molar-refractivity contribution in [2.45, 2.75) is 180 Å². The van der Waals surface area contributed by atoms with Crippen molar-refractivity contribution < 1.29 is 20.1 Å². The summed E-state index contributed by atoms with van der Waals surface area (Å²) in [6, 6.07) is -0.735. The monoisotopic (exact) mass is 525 g/mol. The highest BCUT2D eigenvalue weighted by atomic mass is 16.3. The Labute approximate surface area is 229 Å². The zero-order valence-electron chi connectivity index (χ0n) is 24.6. The molecule has 0 aromatic rings. The van der Waals surface area contributed by atoms with Crippen molar-refractivity contribution in [2.24, 2.45) is 0 Å². The van der Waals surface area contributed by atoms with E-state index < -0.39 is 18.2 Å². The lowest BCUT2D eigenvalue weighted by Crippen LogP contribution is -2.45. The lowest BCUT2D eigenvalue weighted by molar-refractivity contribution is -0.124. The van der Waals surface area contributed by atoms with Gasteiger partial charge in [0.25, 0.3) is 0 Å². The van der Waals surface area contributed by atoms with Gasteiger partial charge in [-0.2, -0.15) is 0 Å². The third-order valence-electron chi connectivity index (χ3n) is 7.32. The van der Waals surface area contributed by atoms with E-state index in [-0.39, 0.29) is 18.9 Å². The summed E-state index contributed by atoms with van der Waals surface area (Å²) in [4.78, 5) is 12.3. The largest absolute Gasteiger partial charge is 0.394 e. The van der Waals surface area contributed by atoms with Gasteiger partial charge in [-0.3, -0.25) is 4.79 Å². The summed E-state index contributed by atoms with van der Waals surface area (Å²) in [5, 5.41) is 32.8. The van der Waals surface area contributed by atoms with Gasteiger partial charge in [-0.1, -0.05) is 148 Å². The highest BCUT2D eigenvalue weighted by Crippen LogP contribution is 2.14. The van der Waals surface area contributed by atoms with E-state index in [0.29, 0.717) is 6.42 Å². The summed E-state index contributed by atoms with van der Waals surface area (Å²) >= 11 is 0. The van der Waals surface area contributed by atoms with Crippen LogP contribution in [0.1, 0.15) is 162 Å². The van der Waals surface area contributed by atoms with Crippen LogP contribution in [0.15, 0.2) is 12.2 Å². The SMILES string of the molecule is CCCCCCCCC/C=C/C(O)C(CO)NC(=O)CC(O)CCCCCCCCCCCCCCC. The third-order valence-corrected chi connectivity index (χ3v) is 7.32. The number of allylic oxidation sites excluding steroid dienone is 1. The molecule has 0 aromatic heterocycles. The smallest absolute Gasteiger partial charge is 0.222 e. The normalized spacial score (nSPS) is 14.2. The number of hydrogen-bond donors (Lipinski definition) is 4. The van der Waals surface area contributed by atoms with Gasteiger partial charge in [0.15, 0.2) is 0 Å². The molecule has 0 aliphatic carbocycles. The van der Waals surface area contributed by atoms with Crippen LogP contribution in [0.4, 0.5) is 0 Å². The summed E-state index contributed by atoms with van der Waals surface area (Å²) in [7, 11) is 0. The van der Waals surface area contributed by atoms with E-state index in [1.807, 2.05) is 6.08 Å². The average Bonchev–Trinajstić information content (AvgIpc) is 2.88. The predicted octanol–water partition coefficient (Wildman–Crippen LogP) is 7.75. The van der Waals surface area contributed by atoms with Crippen molar-refractivity contribution in [1.82, 2.24) is 5.32 Å². The van der Waals surface area contributed by atoms with E-state index in [4.69, 9.17) is 0 Å². The van der Waals surface area contributed by atoms with Crippen LogP contribution in [0, 0.1) is 0 Å². The Hall–Kier alpha value is -0.910. The van der Waals surface area contributed by atoms with E-state index in [0.717, 1.165) is 25.7 Å². The van der Waals surface area contributed by atoms with Crippen LogP contribution >= 0.6 is 0 Å². The van der Waals surface area contributed by atoms with Gasteiger partial charge in [-0.25, -0.2) is 0 Å². The standard InChI is InChI=1S/C32H63NO4/c1-3-5-7-9-11-13-14-15-16-18-19-21-23-25-29(35)27-32(37)33-30(28-34)31(36)26-24-22-20-17-12-10-8-6-4-2/h24,26,29-31,34-36H,3-23,25,27-28H2,1-2H3,(H,33,37)/b26-24+. The van der Waals surface area contributed by atoms with E-state index >= 15 is 0 Å². The molecule has 0 saturated carbocycles. The quantitative estimate of drug-likeness (QED) is 0.0621. The Morgan fingerprint density at radius 2 is 1.11 bits per heavy atom. The van der Waals surface area contributed by atoms with Crippen molar-refractivity contribution in [2.75, 3.05) is 6.61 Å². The summed E-state index contributed by atoms with van der Waals surface area (Å²) in [6.07, 6.45) is 29.0. The summed E-state index contributed by atoms with van der Waals surface area (Å²) < 4.78 is 0. The second-order valence-corrected chi connectivity index (χ2v) is 11.1. The van der Waals surface area contributed by atoms with Crippen LogP contribution in [-0.4, -0.2) is 46.1 Å². The van der Waals surface area contributed by atoms with Gasteiger partial charge >= 0.3 is 0 Å². The number of aliphatic hydroxyl groups excluding tert-OH is 3. The van der Waals surface area contributed by atoms with Gasteiger partial charge in [-0.15, -0.1) is 0 Å². The molecule has 0 aliphatic heterocycles. The molecule has 0 spiro atoms. The maximum atomic E-state index is 12.3. The van der Waals surface area contributed by atoms with E-state index in [1.54, 1.807) is 6.08 Å². The molecular formula is C32H63NO4. The number of amides is 1. The fourth-order valence-electron chi connectivity index (χ4n) is 4.81. The molecule has 0 rings (SSSR count). The highest BCUT2D eigenvalue weighted by molar-refractivity contribution is 5.76.